The van der Waals surface area contributed by atoms with Crippen LogP contribution in [0.5, 0.6) is 5.75 Å². The Labute approximate surface area is 159 Å². The normalized spacial score (nSPS) is 15.8. The molecule has 0 unspecified atom stereocenters. The van der Waals surface area contributed by atoms with E-state index in [2.05, 4.69) is 25.3 Å². The molecule has 0 aromatic heterocycles. The van der Waals surface area contributed by atoms with Gasteiger partial charge >= 0.3 is 6.61 Å². The number of nitrogens with one attached hydrogen (secondary N) is 2. The fraction of sp³-hybridized carbons (Fsp3) is 0.632. The molecule has 0 atom stereocenters. The van der Waals surface area contributed by atoms with Crippen LogP contribution < -0.4 is 15.4 Å². The zero-order chi connectivity index (χ0) is 19.5. The SMILES string of the molecule is CN=C(NCCCCN1CCOCC1)NCc1cc(C)ccc1OC(F)F. The van der Waals surface area contributed by atoms with Crippen LogP contribution in [-0.4, -0.2) is 63.9 Å². The number of morpholine rings is 1. The van der Waals surface area contributed by atoms with Gasteiger partial charge in [-0.3, -0.25) is 9.89 Å². The van der Waals surface area contributed by atoms with Crippen LogP contribution in [0.1, 0.15) is 24.0 Å². The number of alkyl halides is 2. The van der Waals surface area contributed by atoms with Gasteiger partial charge in [0.1, 0.15) is 5.75 Å². The molecule has 152 valence electrons. The second kappa shape index (κ2) is 11.7. The summed E-state index contributed by atoms with van der Waals surface area (Å²) in [6, 6.07) is 5.16. The van der Waals surface area contributed by atoms with Crippen molar-refractivity contribution in [3.63, 3.8) is 0 Å². The highest BCUT2D eigenvalue weighted by Crippen LogP contribution is 2.21. The van der Waals surface area contributed by atoms with E-state index in [0.29, 0.717) is 18.1 Å². The molecule has 1 aliphatic heterocycles. The number of hydrogen-bond acceptors (Lipinski definition) is 4. The molecule has 27 heavy (non-hydrogen) atoms. The van der Waals surface area contributed by atoms with E-state index in [-0.39, 0.29) is 5.75 Å². The maximum absolute atomic E-state index is 12.6. The van der Waals surface area contributed by atoms with E-state index in [0.717, 1.165) is 57.8 Å². The number of nitrogens with zero attached hydrogens (tertiary/aromatic N) is 2. The van der Waals surface area contributed by atoms with Gasteiger partial charge in [0.15, 0.2) is 5.96 Å². The molecule has 1 fully saturated rings. The standard InChI is InChI=1S/C19H30F2N4O2/c1-15-5-6-17(27-18(20)21)16(13-15)14-24-19(22-2)23-7-3-4-8-25-9-11-26-12-10-25/h5-6,13,18H,3-4,7-12,14H2,1-2H3,(H2,22,23,24). The number of hydrogen-bond donors (Lipinski definition) is 2. The molecule has 6 nitrogen and oxygen atoms in total. The smallest absolute Gasteiger partial charge is 0.387 e. The van der Waals surface area contributed by atoms with Crippen LogP contribution in [0.4, 0.5) is 8.78 Å². The third-order valence-corrected chi connectivity index (χ3v) is 4.40. The van der Waals surface area contributed by atoms with Crippen molar-refractivity contribution in [3.05, 3.63) is 29.3 Å². The van der Waals surface area contributed by atoms with E-state index in [1.54, 1.807) is 19.2 Å². The summed E-state index contributed by atoms with van der Waals surface area (Å²) in [7, 11) is 1.69. The van der Waals surface area contributed by atoms with E-state index >= 15 is 0 Å². The monoisotopic (exact) mass is 384 g/mol. The van der Waals surface area contributed by atoms with Crippen molar-refractivity contribution >= 4 is 5.96 Å². The maximum atomic E-state index is 12.6. The highest BCUT2D eigenvalue weighted by Gasteiger charge is 2.11. The van der Waals surface area contributed by atoms with E-state index < -0.39 is 6.61 Å². The van der Waals surface area contributed by atoms with Crippen molar-refractivity contribution in [1.82, 2.24) is 15.5 Å². The van der Waals surface area contributed by atoms with Crippen LogP contribution in [0.2, 0.25) is 0 Å². The Kier molecular flexibility index (Phi) is 9.27. The van der Waals surface area contributed by atoms with E-state index in [1.165, 1.54) is 0 Å². The molecule has 0 aliphatic carbocycles. The summed E-state index contributed by atoms with van der Waals surface area (Å²) in [6.07, 6.45) is 2.14. The molecule has 8 heteroatoms. The number of unbranched alkanes of at least 4 members (excludes halogenated alkanes) is 1. The third-order valence-electron chi connectivity index (χ3n) is 4.40. The van der Waals surface area contributed by atoms with Gasteiger partial charge in [0.2, 0.25) is 0 Å². The van der Waals surface area contributed by atoms with Crippen molar-refractivity contribution in [3.8, 4) is 5.75 Å². The second-order valence-electron chi connectivity index (χ2n) is 6.50. The zero-order valence-corrected chi connectivity index (χ0v) is 16.1. The van der Waals surface area contributed by atoms with Gasteiger partial charge in [0, 0.05) is 38.8 Å². The molecule has 0 radical (unpaired) electrons. The Balaban J connectivity index is 1.71. The van der Waals surface area contributed by atoms with E-state index in [1.807, 2.05) is 13.0 Å². The average molecular weight is 384 g/mol. The van der Waals surface area contributed by atoms with Gasteiger partial charge in [-0.25, -0.2) is 0 Å². The van der Waals surface area contributed by atoms with E-state index in [9.17, 15) is 8.78 Å². The Morgan fingerprint density at radius 2 is 2.04 bits per heavy atom. The Morgan fingerprint density at radius 1 is 1.26 bits per heavy atom. The molecule has 0 saturated carbocycles. The van der Waals surface area contributed by atoms with Crippen LogP contribution in [0.3, 0.4) is 0 Å². The average Bonchev–Trinajstić information content (AvgIpc) is 2.66. The lowest BCUT2D eigenvalue weighted by Gasteiger charge is -2.26. The number of aliphatic imine (C=N–C) groups is 1. The number of benzene rings is 1. The van der Waals surface area contributed by atoms with Crippen LogP contribution in [0, 0.1) is 6.92 Å². The molecule has 2 rings (SSSR count). The van der Waals surface area contributed by atoms with Gasteiger partial charge in [-0.15, -0.1) is 0 Å². The maximum Gasteiger partial charge on any atom is 0.387 e. The first-order chi connectivity index (χ1) is 13.1. The first-order valence-electron chi connectivity index (χ1n) is 9.37. The number of halogens is 2. The molecule has 1 aromatic carbocycles. The molecule has 1 aliphatic rings. The third kappa shape index (κ3) is 8.09. The fourth-order valence-corrected chi connectivity index (χ4v) is 2.95. The molecule has 1 heterocycles. The summed E-state index contributed by atoms with van der Waals surface area (Å²) in [4.78, 5) is 6.60. The minimum Gasteiger partial charge on any atom is -0.434 e. The number of ether oxygens (including phenoxy) is 2. The van der Waals surface area contributed by atoms with Gasteiger partial charge < -0.3 is 20.1 Å². The lowest BCUT2D eigenvalue weighted by atomic mass is 10.1. The molecule has 1 aromatic rings. The molecule has 0 bridgehead atoms. The lowest BCUT2D eigenvalue weighted by molar-refractivity contribution is -0.0504. The second-order valence-corrected chi connectivity index (χ2v) is 6.50. The number of aryl methyl sites for hydroxylation is 1. The van der Waals surface area contributed by atoms with E-state index in [4.69, 9.17) is 4.74 Å². The quantitative estimate of drug-likeness (QED) is 0.389. The van der Waals surface area contributed by atoms with Gasteiger partial charge in [0.25, 0.3) is 0 Å². The minimum atomic E-state index is -2.84. The predicted octanol–water partition coefficient (Wildman–Crippen LogP) is 2.37. The van der Waals surface area contributed by atoms with Crippen LogP contribution >= 0.6 is 0 Å². The summed E-state index contributed by atoms with van der Waals surface area (Å²) in [5.74, 6) is 0.829. The minimum absolute atomic E-state index is 0.184. The summed E-state index contributed by atoms with van der Waals surface area (Å²) in [5, 5.41) is 6.41. The highest BCUT2D eigenvalue weighted by atomic mass is 19.3. The number of guanidine groups is 1. The van der Waals surface area contributed by atoms with Crippen molar-refractivity contribution in [2.75, 3.05) is 46.4 Å². The first kappa shape index (κ1) is 21.4. The molecule has 0 spiro atoms. The van der Waals surface area contributed by atoms with Gasteiger partial charge in [-0.1, -0.05) is 17.7 Å². The highest BCUT2D eigenvalue weighted by molar-refractivity contribution is 5.79. The lowest BCUT2D eigenvalue weighted by Crippen LogP contribution is -2.38. The van der Waals surface area contributed by atoms with Gasteiger partial charge in [0.05, 0.1) is 13.2 Å². The molecular formula is C19H30F2N4O2. The Bertz CT molecular complexity index is 593. The summed E-state index contributed by atoms with van der Waals surface area (Å²) in [6.45, 7) is 4.99. The Hall–Kier alpha value is -1.93. The van der Waals surface area contributed by atoms with Crippen LogP contribution in [0.25, 0.3) is 0 Å². The Morgan fingerprint density at radius 3 is 2.74 bits per heavy atom. The van der Waals surface area contributed by atoms with Crippen LogP contribution in [0.15, 0.2) is 23.2 Å². The predicted molar refractivity (Wildman–Crippen MR) is 103 cm³/mol. The summed E-state index contributed by atoms with van der Waals surface area (Å²) >= 11 is 0. The van der Waals surface area contributed by atoms with Gasteiger partial charge in [-0.05, 0) is 32.4 Å². The fourth-order valence-electron chi connectivity index (χ4n) is 2.95. The van der Waals surface area contributed by atoms with Crippen molar-refractivity contribution < 1.29 is 18.3 Å². The molecular weight excluding hydrogens is 354 g/mol. The van der Waals surface area contributed by atoms with Crippen molar-refractivity contribution in [1.29, 1.82) is 0 Å². The topological polar surface area (TPSA) is 58.1 Å². The van der Waals surface area contributed by atoms with Crippen LogP contribution in [-0.2, 0) is 11.3 Å². The molecule has 0 amide bonds. The molecule has 2 N–H and O–H groups in total. The first-order valence-corrected chi connectivity index (χ1v) is 9.37. The van der Waals surface area contributed by atoms with Crippen molar-refractivity contribution in [2.24, 2.45) is 4.99 Å². The number of rotatable bonds is 9. The van der Waals surface area contributed by atoms with Crippen molar-refractivity contribution in [2.45, 2.75) is 32.9 Å². The largest absolute Gasteiger partial charge is 0.434 e. The van der Waals surface area contributed by atoms with Gasteiger partial charge in [-0.2, -0.15) is 8.78 Å². The summed E-state index contributed by atoms with van der Waals surface area (Å²) in [5.41, 5.74) is 1.66. The summed E-state index contributed by atoms with van der Waals surface area (Å²) < 4.78 is 35.0. The molecule has 1 saturated heterocycles. The zero-order valence-electron chi connectivity index (χ0n) is 16.1.